The van der Waals surface area contributed by atoms with Crippen LogP contribution in [0, 0.1) is 0 Å². The lowest BCUT2D eigenvalue weighted by atomic mass is 9.86. The molecule has 0 spiro atoms. The van der Waals surface area contributed by atoms with Gasteiger partial charge in [0.1, 0.15) is 5.75 Å². The number of hydrogen-bond acceptors (Lipinski definition) is 3. The molecule has 0 heterocycles. The number of carbonyl (C=O) groups excluding carboxylic acids is 2. The van der Waals surface area contributed by atoms with Crippen molar-refractivity contribution in [3.05, 3.63) is 74.5 Å². The van der Waals surface area contributed by atoms with Gasteiger partial charge in [-0.2, -0.15) is 0 Å². The molecule has 5 heteroatoms. The number of Topliss-reactive ketones (excluding diaryl/α,β-unsaturated/α-hetero) is 2. The van der Waals surface area contributed by atoms with Crippen molar-refractivity contribution in [1.29, 1.82) is 0 Å². The summed E-state index contributed by atoms with van der Waals surface area (Å²) >= 11 is 12.5. The second kappa shape index (κ2) is 6.57. The minimum Gasteiger partial charge on any atom is -0.451 e. The van der Waals surface area contributed by atoms with E-state index in [-0.39, 0.29) is 28.3 Å². The predicted molar refractivity (Wildman–Crippen MR) is 104 cm³/mol. The highest BCUT2D eigenvalue weighted by atomic mass is 35.5. The number of benzene rings is 2. The number of halogens is 2. The number of allylic oxidation sites excluding steroid dienone is 2. The smallest absolute Gasteiger partial charge is 0.229 e. The second-order valence-electron chi connectivity index (χ2n) is 7.27. The second-order valence-corrected chi connectivity index (χ2v) is 8.12. The third kappa shape index (κ3) is 3.17. The van der Waals surface area contributed by atoms with Crippen LogP contribution in [0.25, 0.3) is 0 Å². The lowest BCUT2D eigenvalue weighted by molar-refractivity contribution is 0.0936. The van der Waals surface area contributed by atoms with Crippen LogP contribution in [-0.2, 0) is 5.41 Å². The molecule has 0 unspecified atom stereocenters. The van der Waals surface area contributed by atoms with Crippen molar-refractivity contribution in [1.82, 2.24) is 0 Å². The van der Waals surface area contributed by atoms with E-state index < -0.39 is 0 Å². The molecule has 0 aromatic heterocycles. The first kappa shape index (κ1) is 18.7. The number of hydrogen-bond donors (Lipinski definition) is 0. The number of rotatable bonds is 2. The van der Waals surface area contributed by atoms with Gasteiger partial charge in [0.2, 0.25) is 5.78 Å². The van der Waals surface area contributed by atoms with E-state index >= 15 is 0 Å². The third-order valence-corrected chi connectivity index (χ3v) is 4.82. The molecule has 134 valence electrons. The SMILES string of the molecule is CC1=C(Oc2c(Cl)cc(Cl)cc2C(C)(C)C)C(=O)c2ccccc2C1=O. The molecule has 1 aliphatic rings. The van der Waals surface area contributed by atoms with E-state index in [2.05, 4.69) is 0 Å². The molecular formula is C21H18Cl2O3. The Morgan fingerprint density at radius 1 is 0.923 bits per heavy atom. The molecule has 3 rings (SSSR count). The van der Waals surface area contributed by atoms with Crippen molar-refractivity contribution in [2.45, 2.75) is 33.1 Å². The molecule has 0 bridgehead atoms. The Balaban J connectivity index is 2.15. The average molecular weight is 389 g/mol. The van der Waals surface area contributed by atoms with Crippen LogP contribution < -0.4 is 4.74 Å². The van der Waals surface area contributed by atoms with Crippen molar-refractivity contribution in [2.24, 2.45) is 0 Å². The summed E-state index contributed by atoms with van der Waals surface area (Å²) in [6.07, 6.45) is 0. The van der Waals surface area contributed by atoms with Gasteiger partial charge in [0, 0.05) is 27.3 Å². The zero-order valence-electron chi connectivity index (χ0n) is 14.9. The first-order chi connectivity index (χ1) is 12.1. The van der Waals surface area contributed by atoms with Gasteiger partial charge >= 0.3 is 0 Å². The monoisotopic (exact) mass is 388 g/mol. The predicted octanol–water partition coefficient (Wildman–Crippen LogP) is 6.02. The number of ketones is 2. The first-order valence-electron chi connectivity index (χ1n) is 8.18. The minimum absolute atomic E-state index is 0.00317. The van der Waals surface area contributed by atoms with Crippen molar-refractivity contribution in [2.75, 3.05) is 0 Å². The molecule has 2 aromatic carbocycles. The van der Waals surface area contributed by atoms with Gasteiger partial charge in [-0.1, -0.05) is 68.2 Å². The third-order valence-electron chi connectivity index (χ3n) is 4.32. The van der Waals surface area contributed by atoms with Crippen LogP contribution in [0.3, 0.4) is 0 Å². The maximum Gasteiger partial charge on any atom is 0.229 e. The average Bonchev–Trinajstić information content (AvgIpc) is 2.57. The van der Waals surface area contributed by atoms with E-state index in [1.165, 1.54) is 0 Å². The van der Waals surface area contributed by atoms with Gasteiger partial charge in [0.05, 0.1) is 5.02 Å². The molecule has 0 aliphatic heterocycles. The fourth-order valence-corrected chi connectivity index (χ4v) is 3.45. The summed E-state index contributed by atoms with van der Waals surface area (Å²) < 4.78 is 5.97. The van der Waals surface area contributed by atoms with E-state index in [4.69, 9.17) is 27.9 Å². The van der Waals surface area contributed by atoms with Crippen LogP contribution in [0.1, 0.15) is 54.0 Å². The highest BCUT2D eigenvalue weighted by molar-refractivity contribution is 6.36. The fraction of sp³-hybridized carbons (Fsp3) is 0.238. The van der Waals surface area contributed by atoms with Gasteiger partial charge in [0.25, 0.3) is 0 Å². The molecule has 0 fully saturated rings. The standard InChI is InChI=1S/C21H18Cl2O3/c1-11-17(24)13-7-5-6-8-14(13)18(25)19(11)26-20-15(21(2,3)4)9-12(22)10-16(20)23/h5-10H,1-4H3. The molecule has 3 nitrogen and oxygen atoms in total. The lowest BCUT2D eigenvalue weighted by Crippen LogP contribution is -2.25. The summed E-state index contributed by atoms with van der Waals surface area (Å²) in [6, 6.07) is 10.1. The van der Waals surface area contributed by atoms with E-state index in [0.29, 0.717) is 26.9 Å². The Morgan fingerprint density at radius 2 is 1.50 bits per heavy atom. The van der Waals surface area contributed by atoms with Crippen LogP contribution >= 0.6 is 23.2 Å². The van der Waals surface area contributed by atoms with Gasteiger partial charge in [0.15, 0.2) is 11.5 Å². The summed E-state index contributed by atoms with van der Waals surface area (Å²) in [5, 5.41) is 0.774. The van der Waals surface area contributed by atoms with Crippen molar-refractivity contribution < 1.29 is 14.3 Å². The van der Waals surface area contributed by atoms with Crippen molar-refractivity contribution in [3.63, 3.8) is 0 Å². The molecule has 0 atom stereocenters. The van der Waals surface area contributed by atoms with Gasteiger partial charge in [-0.3, -0.25) is 9.59 Å². The van der Waals surface area contributed by atoms with E-state index in [1.54, 1.807) is 43.3 Å². The van der Waals surface area contributed by atoms with Gasteiger partial charge in [-0.15, -0.1) is 0 Å². The maximum absolute atomic E-state index is 12.9. The highest BCUT2D eigenvalue weighted by Gasteiger charge is 2.33. The molecule has 0 saturated heterocycles. The molecule has 26 heavy (non-hydrogen) atoms. The quantitative estimate of drug-likeness (QED) is 0.631. The largest absolute Gasteiger partial charge is 0.451 e. The summed E-state index contributed by atoms with van der Waals surface area (Å²) in [6.45, 7) is 7.57. The Bertz CT molecular complexity index is 966. The van der Waals surface area contributed by atoms with Gasteiger partial charge < -0.3 is 4.74 Å². The fourth-order valence-electron chi connectivity index (χ4n) is 2.92. The zero-order valence-corrected chi connectivity index (χ0v) is 16.5. The Morgan fingerprint density at radius 3 is 2.08 bits per heavy atom. The number of ether oxygens (including phenoxy) is 1. The van der Waals surface area contributed by atoms with E-state index in [1.807, 2.05) is 20.8 Å². The molecule has 0 saturated carbocycles. The van der Waals surface area contributed by atoms with Gasteiger partial charge in [-0.05, 0) is 24.5 Å². The normalized spacial score (nSPS) is 14.5. The minimum atomic E-state index is -0.330. The molecule has 0 N–H and O–H groups in total. The van der Waals surface area contributed by atoms with Gasteiger partial charge in [-0.25, -0.2) is 0 Å². The van der Waals surface area contributed by atoms with Crippen LogP contribution in [0.5, 0.6) is 5.75 Å². The molecule has 0 amide bonds. The Kier molecular flexibility index (Phi) is 4.72. The van der Waals surface area contributed by atoms with Crippen LogP contribution in [0.2, 0.25) is 10.0 Å². The highest BCUT2D eigenvalue weighted by Crippen LogP contribution is 2.41. The molecule has 2 aromatic rings. The number of fused-ring (bicyclic) bond motifs is 1. The molecule has 0 radical (unpaired) electrons. The van der Waals surface area contributed by atoms with Crippen molar-refractivity contribution >= 4 is 34.8 Å². The Labute approximate surface area is 162 Å². The van der Waals surface area contributed by atoms with Crippen molar-refractivity contribution in [3.8, 4) is 5.75 Å². The maximum atomic E-state index is 12.9. The Hall–Kier alpha value is -2.10. The topological polar surface area (TPSA) is 43.4 Å². The van der Waals surface area contributed by atoms with E-state index in [9.17, 15) is 9.59 Å². The number of carbonyl (C=O) groups is 2. The summed E-state index contributed by atoms with van der Waals surface area (Å²) in [7, 11) is 0. The summed E-state index contributed by atoms with van der Waals surface area (Å²) in [5.41, 5.74) is 1.42. The summed E-state index contributed by atoms with van der Waals surface area (Å²) in [5.74, 6) is -0.206. The lowest BCUT2D eigenvalue weighted by Gasteiger charge is -2.26. The zero-order chi connectivity index (χ0) is 19.2. The molecule has 1 aliphatic carbocycles. The van der Waals surface area contributed by atoms with Crippen LogP contribution in [0.4, 0.5) is 0 Å². The van der Waals surface area contributed by atoms with E-state index in [0.717, 1.165) is 5.56 Å². The molecular weight excluding hydrogens is 371 g/mol. The van der Waals surface area contributed by atoms with Crippen LogP contribution in [-0.4, -0.2) is 11.6 Å². The summed E-state index contributed by atoms with van der Waals surface area (Å²) in [4.78, 5) is 25.6. The first-order valence-corrected chi connectivity index (χ1v) is 8.93. The van der Waals surface area contributed by atoms with Crippen LogP contribution in [0.15, 0.2) is 47.7 Å².